The van der Waals surface area contributed by atoms with Crippen LogP contribution in [0.4, 0.5) is 18.2 Å². The first kappa shape index (κ1) is 24.3. The Labute approximate surface area is 180 Å². The van der Waals surface area contributed by atoms with E-state index in [1.54, 1.807) is 11.3 Å². The van der Waals surface area contributed by atoms with E-state index < -0.39 is 12.7 Å². The van der Waals surface area contributed by atoms with Gasteiger partial charge < -0.3 is 15.1 Å². The van der Waals surface area contributed by atoms with Crippen LogP contribution in [0.1, 0.15) is 13.3 Å². The quantitative estimate of drug-likeness (QED) is 0.260. The maximum absolute atomic E-state index is 12.3. The Morgan fingerprint density at radius 2 is 2.00 bits per heavy atom. The van der Waals surface area contributed by atoms with Gasteiger partial charge in [0, 0.05) is 39.3 Å². The minimum Gasteiger partial charge on any atom is -0.360 e. The third kappa shape index (κ3) is 8.86. The van der Waals surface area contributed by atoms with Crippen molar-refractivity contribution in [2.45, 2.75) is 19.5 Å². The number of piperazine rings is 1. The van der Waals surface area contributed by atoms with E-state index in [0.29, 0.717) is 19.5 Å². The van der Waals surface area contributed by atoms with Crippen molar-refractivity contribution in [3.63, 3.8) is 0 Å². The molecule has 156 valence electrons. The zero-order valence-corrected chi connectivity index (χ0v) is 19.0. The molecule has 1 aromatic heterocycles. The van der Waals surface area contributed by atoms with Crippen LogP contribution >= 0.6 is 35.3 Å². The predicted molar refractivity (Wildman–Crippen MR) is 118 cm³/mol. The highest BCUT2D eigenvalue weighted by molar-refractivity contribution is 14.0. The number of rotatable bonds is 7. The van der Waals surface area contributed by atoms with E-state index in [9.17, 15) is 13.2 Å². The molecule has 10 heteroatoms. The molecule has 2 rings (SSSR count). The normalized spacial score (nSPS) is 15.9. The molecular formula is C17H29F3IN5S. The summed E-state index contributed by atoms with van der Waals surface area (Å²) in [6.45, 7) is 6.49. The Morgan fingerprint density at radius 1 is 1.30 bits per heavy atom. The highest BCUT2D eigenvalue weighted by Crippen LogP contribution is 2.22. The third-order valence-electron chi connectivity index (χ3n) is 4.14. The van der Waals surface area contributed by atoms with Gasteiger partial charge >= 0.3 is 6.18 Å². The number of hydrogen-bond donors (Lipinski definition) is 1. The molecular weight excluding hydrogens is 490 g/mol. The van der Waals surface area contributed by atoms with E-state index in [0.717, 1.165) is 38.7 Å². The van der Waals surface area contributed by atoms with Crippen LogP contribution < -0.4 is 10.2 Å². The second-order valence-electron chi connectivity index (χ2n) is 6.37. The van der Waals surface area contributed by atoms with E-state index in [4.69, 9.17) is 0 Å². The van der Waals surface area contributed by atoms with Crippen molar-refractivity contribution in [2.24, 2.45) is 4.99 Å². The Kier molecular flexibility index (Phi) is 10.7. The predicted octanol–water partition coefficient (Wildman–Crippen LogP) is 3.34. The third-order valence-corrected chi connectivity index (χ3v) is 5.07. The molecule has 0 saturated carbocycles. The molecule has 0 unspecified atom stereocenters. The van der Waals surface area contributed by atoms with Gasteiger partial charge in [0.25, 0.3) is 0 Å². The van der Waals surface area contributed by atoms with Crippen LogP contribution in [0, 0.1) is 0 Å². The Hall–Kier alpha value is -0.750. The summed E-state index contributed by atoms with van der Waals surface area (Å²) in [5, 5.41) is 6.67. The first-order valence-electron chi connectivity index (χ1n) is 8.96. The monoisotopic (exact) mass is 519 g/mol. The van der Waals surface area contributed by atoms with Crippen LogP contribution in [0.25, 0.3) is 0 Å². The fraction of sp³-hybridized carbons (Fsp3) is 0.706. The minimum atomic E-state index is -4.14. The average molecular weight is 519 g/mol. The van der Waals surface area contributed by atoms with Crippen LogP contribution in [-0.4, -0.2) is 81.3 Å². The minimum absolute atomic E-state index is 0. The zero-order valence-electron chi connectivity index (χ0n) is 15.8. The van der Waals surface area contributed by atoms with Crippen LogP contribution in [0.2, 0.25) is 0 Å². The Bertz CT molecular complexity index is 545. The topological polar surface area (TPSA) is 34.1 Å². The largest absolute Gasteiger partial charge is 0.401 e. The number of alkyl halides is 3. The molecule has 1 fully saturated rings. The summed E-state index contributed by atoms with van der Waals surface area (Å²) < 4.78 is 37.0. The molecule has 0 aromatic carbocycles. The van der Waals surface area contributed by atoms with E-state index in [-0.39, 0.29) is 24.0 Å². The molecule has 1 aromatic rings. The number of hydrogen-bond acceptors (Lipinski definition) is 4. The lowest BCUT2D eigenvalue weighted by atomic mass is 10.3. The van der Waals surface area contributed by atoms with Crippen LogP contribution in [0.15, 0.2) is 22.5 Å². The van der Waals surface area contributed by atoms with Crippen LogP contribution in [0.5, 0.6) is 0 Å². The smallest absolute Gasteiger partial charge is 0.360 e. The lowest BCUT2D eigenvalue weighted by Crippen LogP contribution is -2.52. The number of nitrogens with zero attached hydrogens (tertiary/aromatic N) is 4. The molecule has 0 amide bonds. The molecule has 2 heterocycles. The molecule has 0 bridgehead atoms. The molecule has 0 spiro atoms. The number of anilines is 1. The van der Waals surface area contributed by atoms with E-state index in [2.05, 4.69) is 37.6 Å². The summed E-state index contributed by atoms with van der Waals surface area (Å²) in [6, 6.07) is 4.20. The fourth-order valence-corrected chi connectivity index (χ4v) is 3.71. The number of guanidine groups is 1. The molecule has 5 nitrogen and oxygen atoms in total. The van der Waals surface area contributed by atoms with Crippen molar-refractivity contribution in [1.82, 2.24) is 15.1 Å². The molecule has 0 atom stereocenters. The van der Waals surface area contributed by atoms with E-state index >= 15 is 0 Å². The van der Waals surface area contributed by atoms with Crippen molar-refractivity contribution in [2.75, 3.05) is 64.3 Å². The summed E-state index contributed by atoms with van der Waals surface area (Å²) >= 11 is 1.75. The number of thiophene rings is 1. The van der Waals surface area contributed by atoms with Crippen molar-refractivity contribution in [3.8, 4) is 0 Å². The molecule has 27 heavy (non-hydrogen) atoms. The summed E-state index contributed by atoms with van der Waals surface area (Å²) in [6.07, 6.45) is -3.54. The van der Waals surface area contributed by atoms with E-state index in [1.807, 2.05) is 6.92 Å². The van der Waals surface area contributed by atoms with Crippen molar-refractivity contribution in [3.05, 3.63) is 17.5 Å². The van der Waals surface area contributed by atoms with Gasteiger partial charge in [0.15, 0.2) is 5.96 Å². The van der Waals surface area contributed by atoms with Gasteiger partial charge in [0.05, 0.1) is 11.5 Å². The molecule has 1 saturated heterocycles. The second-order valence-corrected chi connectivity index (χ2v) is 7.29. The lowest BCUT2D eigenvalue weighted by molar-refractivity contribution is -0.143. The summed E-state index contributed by atoms with van der Waals surface area (Å²) in [7, 11) is 1.49. The van der Waals surface area contributed by atoms with E-state index in [1.165, 1.54) is 16.9 Å². The van der Waals surface area contributed by atoms with Gasteiger partial charge in [-0.15, -0.1) is 35.3 Å². The van der Waals surface area contributed by atoms with Crippen LogP contribution in [-0.2, 0) is 0 Å². The van der Waals surface area contributed by atoms with Crippen LogP contribution in [0.3, 0.4) is 0 Å². The van der Waals surface area contributed by atoms with Crippen molar-refractivity contribution < 1.29 is 13.2 Å². The van der Waals surface area contributed by atoms with Crippen molar-refractivity contribution in [1.29, 1.82) is 0 Å². The number of nitrogens with one attached hydrogen (secondary N) is 1. The molecule has 1 aliphatic rings. The van der Waals surface area contributed by atoms with Crippen molar-refractivity contribution >= 4 is 46.3 Å². The van der Waals surface area contributed by atoms with Gasteiger partial charge in [0.1, 0.15) is 0 Å². The summed E-state index contributed by atoms with van der Waals surface area (Å²) in [4.78, 5) is 10.5. The maximum Gasteiger partial charge on any atom is 0.401 e. The molecule has 1 aliphatic heterocycles. The number of halogens is 4. The second kappa shape index (κ2) is 11.9. The highest BCUT2D eigenvalue weighted by Gasteiger charge is 2.28. The van der Waals surface area contributed by atoms with Gasteiger partial charge in [-0.1, -0.05) is 0 Å². The Morgan fingerprint density at radius 3 is 2.56 bits per heavy atom. The Balaban J connectivity index is 0.00000364. The highest BCUT2D eigenvalue weighted by atomic mass is 127. The van der Waals surface area contributed by atoms with Gasteiger partial charge in [0.2, 0.25) is 0 Å². The molecule has 0 aliphatic carbocycles. The SMILES string of the molecule is CCNC(=NCCCN(C)CC(F)(F)F)N1CCN(c2cccs2)CC1.I. The molecule has 0 radical (unpaired) electrons. The first-order valence-corrected chi connectivity index (χ1v) is 9.84. The lowest BCUT2D eigenvalue weighted by Gasteiger charge is -2.37. The summed E-state index contributed by atoms with van der Waals surface area (Å²) in [5.41, 5.74) is 0. The fourth-order valence-electron chi connectivity index (χ4n) is 2.92. The maximum atomic E-state index is 12.3. The van der Waals surface area contributed by atoms with Gasteiger partial charge in [-0.05, 0) is 44.4 Å². The first-order chi connectivity index (χ1) is 12.4. The van der Waals surface area contributed by atoms with Gasteiger partial charge in [-0.2, -0.15) is 13.2 Å². The summed E-state index contributed by atoms with van der Waals surface area (Å²) in [5.74, 6) is 0.858. The number of aliphatic imine (C=N–C) groups is 1. The molecule has 1 N–H and O–H groups in total. The average Bonchev–Trinajstić information content (AvgIpc) is 3.11. The standard InChI is InChI=1S/C17H28F3N5S.HI/c1-3-21-16(22-7-5-8-23(2)14-17(18,19)20)25-11-9-24(10-12-25)15-6-4-13-26-15;/h4,6,13H,3,5,7-12,14H2,1-2H3,(H,21,22);1H. The van der Waals surface area contributed by atoms with Gasteiger partial charge in [-0.3, -0.25) is 9.89 Å². The van der Waals surface area contributed by atoms with Gasteiger partial charge in [-0.25, -0.2) is 0 Å². The zero-order chi connectivity index (χ0) is 19.0.